The first kappa shape index (κ1) is 15.9. The average molecular weight is 251 g/mol. The van der Waals surface area contributed by atoms with E-state index in [0.29, 0.717) is 0 Å². The maximum Gasteiger partial charge on any atom is 0.155 e. The van der Waals surface area contributed by atoms with Gasteiger partial charge in [-0.2, -0.15) is 0 Å². The zero-order valence-electron chi connectivity index (χ0n) is 11.0. The van der Waals surface area contributed by atoms with Crippen molar-refractivity contribution < 1.29 is 13.5 Å². The molecule has 0 aliphatic carbocycles. The molecule has 0 unspecified atom stereocenters. The minimum Gasteiger partial charge on any atom is -0.390 e. The molecule has 4 nitrogen and oxygen atoms in total. The summed E-state index contributed by atoms with van der Waals surface area (Å²) >= 11 is 0. The quantitative estimate of drug-likeness (QED) is 0.730. The molecule has 0 heterocycles. The van der Waals surface area contributed by atoms with Gasteiger partial charge in [-0.15, -0.1) is 0 Å². The Morgan fingerprint density at radius 3 is 2.12 bits per heavy atom. The number of hydrogen-bond donors (Lipinski definition) is 1. The fourth-order valence-electron chi connectivity index (χ4n) is 1.42. The highest BCUT2D eigenvalue weighted by Crippen LogP contribution is 2.09. The highest BCUT2D eigenvalue weighted by molar-refractivity contribution is 7.92. The monoisotopic (exact) mass is 251 g/mol. The van der Waals surface area contributed by atoms with Crippen molar-refractivity contribution in [3.63, 3.8) is 0 Å². The van der Waals surface area contributed by atoms with Gasteiger partial charge in [0.1, 0.15) is 0 Å². The number of hydrogen-bond acceptors (Lipinski definition) is 4. The lowest BCUT2D eigenvalue weighted by Gasteiger charge is -2.28. The number of aliphatic hydroxyl groups is 1. The number of likely N-dealkylation sites (N-methyl/N-ethyl adjacent to an activating group) is 1. The summed E-state index contributed by atoms with van der Waals surface area (Å²) in [6.07, 6.45) is 0.175. The van der Waals surface area contributed by atoms with Gasteiger partial charge in [-0.1, -0.05) is 6.92 Å². The van der Waals surface area contributed by atoms with Crippen LogP contribution in [0.1, 0.15) is 34.1 Å². The third-order valence-corrected chi connectivity index (χ3v) is 5.19. The van der Waals surface area contributed by atoms with Gasteiger partial charge < -0.3 is 10.0 Å². The number of rotatable bonds is 7. The van der Waals surface area contributed by atoms with Crippen LogP contribution in [-0.2, 0) is 9.84 Å². The Bertz CT molecular complexity index is 288. The van der Waals surface area contributed by atoms with Gasteiger partial charge in [0.05, 0.1) is 17.1 Å². The van der Waals surface area contributed by atoms with E-state index in [-0.39, 0.29) is 11.8 Å². The first-order valence-corrected chi connectivity index (χ1v) is 7.53. The molecule has 5 heteroatoms. The van der Waals surface area contributed by atoms with Crippen LogP contribution in [0.2, 0.25) is 0 Å². The van der Waals surface area contributed by atoms with Crippen LogP contribution < -0.4 is 0 Å². The van der Waals surface area contributed by atoms with E-state index in [1.165, 1.54) is 0 Å². The van der Waals surface area contributed by atoms with Crippen molar-refractivity contribution in [1.82, 2.24) is 4.90 Å². The number of sulfone groups is 1. The Kier molecular flexibility index (Phi) is 6.51. The van der Waals surface area contributed by atoms with Crippen molar-refractivity contribution in [2.75, 3.05) is 19.3 Å². The van der Waals surface area contributed by atoms with Crippen LogP contribution in [0.3, 0.4) is 0 Å². The Balaban J connectivity index is 4.41. The maximum atomic E-state index is 11.6. The molecule has 0 radical (unpaired) electrons. The van der Waals surface area contributed by atoms with Crippen molar-refractivity contribution >= 4 is 9.84 Å². The van der Waals surface area contributed by atoms with E-state index in [9.17, 15) is 13.5 Å². The minimum absolute atomic E-state index is 0.131. The van der Waals surface area contributed by atoms with Crippen LogP contribution in [-0.4, -0.2) is 55.2 Å². The summed E-state index contributed by atoms with van der Waals surface area (Å²) in [4.78, 5) is 1.99. The van der Waals surface area contributed by atoms with Crippen molar-refractivity contribution in [3.05, 3.63) is 0 Å². The molecule has 0 aromatic rings. The molecule has 0 bridgehead atoms. The first-order valence-electron chi connectivity index (χ1n) is 5.82. The van der Waals surface area contributed by atoms with Gasteiger partial charge in [-0.3, -0.25) is 0 Å². The summed E-state index contributed by atoms with van der Waals surface area (Å²) < 4.78 is 23.3. The molecule has 0 aliphatic rings. The van der Waals surface area contributed by atoms with Gasteiger partial charge in [0.25, 0.3) is 0 Å². The highest BCUT2D eigenvalue weighted by Gasteiger charge is 2.26. The van der Waals surface area contributed by atoms with Gasteiger partial charge >= 0.3 is 0 Å². The molecule has 0 saturated carbocycles. The van der Waals surface area contributed by atoms with Gasteiger partial charge in [-0.25, -0.2) is 8.42 Å². The third-order valence-electron chi connectivity index (χ3n) is 2.95. The summed E-state index contributed by atoms with van der Waals surface area (Å²) in [7, 11) is -1.27. The molecule has 2 atom stereocenters. The van der Waals surface area contributed by atoms with Crippen LogP contribution in [0.25, 0.3) is 0 Å². The second-order valence-corrected chi connectivity index (χ2v) is 7.27. The van der Waals surface area contributed by atoms with E-state index in [1.54, 1.807) is 13.8 Å². The number of aliphatic hydroxyl groups excluding tert-OH is 1. The molecule has 0 aliphatic heterocycles. The number of nitrogens with zero attached hydrogens (tertiary/aromatic N) is 1. The Labute approximate surface area is 99.6 Å². The van der Waals surface area contributed by atoms with Gasteiger partial charge in [-0.05, 0) is 40.8 Å². The summed E-state index contributed by atoms with van der Waals surface area (Å²) in [5.74, 6) is -0.153. The van der Waals surface area contributed by atoms with Crippen LogP contribution >= 0.6 is 0 Å². The van der Waals surface area contributed by atoms with Crippen LogP contribution in [0, 0.1) is 0 Å². The Hall–Kier alpha value is -0.130. The highest BCUT2D eigenvalue weighted by atomic mass is 32.2. The molecule has 0 aromatic heterocycles. The molecule has 0 spiro atoms. The van der Waals surface area contributed by atoms with Gasteiger partial charge in [0.2, 0.25) is 0 Å². The summed E-state index contributed by atoms with van der Waals surface area (Å²) in [5, 5.41) is 9.45. The molecule has 98 valence electrons. The normalized spacial score (nSPS) is 16.8. The maximum absolute atomic E-state index is 11.6. The van der Waals surface area contributed by atoms with E-state index in [1.807, 2.05) is 18.9 Å². The zero-order valence-corrected chi connectivity index (χ0v) is 11.8. The Morgan fingerprint density at radius 2 is 1.75 bits per heavy atom. The molecule has 1 N–H and O–H groups in total. The first-order chi connectivity index (χ1) is 7.22. The molecule has 0 aromatic carbocycles. The SMILES string of the molecule is CCCN(C)[C@H](C)[C@@H](O)CS(=O)(=O)C(C)C. The summed E-state index contributed by atoms with van der Waals surface area (Å²) in [5.41, 5.74) is 0. The molecule has 0 saturated heterocycles. The smallest absolute Gasteiger partial charge is 0.155 e. The van der Waals surface area contributed by atoms with E-state index >= 15 is 0 Å². The lowest BCUT2D eigenvalue weighted by atomic mass is 10.2. The van der Waals surface area contributed by atoms with Crippen LogP contribution in [0.15, 0.2) is 0 Å². The van der Waals surface area contributed by atoms with Crippen LogP contribution in [0.5, 0.6) is 0 Å². The van der Waals surface area contributed by atoms with Crippen molar-refractivity contribution in [2.24, 2.45) is 0 Å². The lowest BCUT2D eigenvalue weighted by Crippen LogP contribution is -2.43. The summed E-state index contributed by atoms with van der Waals surface area (Å²) in [6, 6.07) is -0.131. The summed E-state index contributed by atoms with van der Waals surface area (Å²) in [6.45, 7) is 8.06. The van der Waals surface area contributed by atoms with Crippen molar-refractivity contribution in [1.29, 1.82) is 0 Å². The van der Waals surface area contributed by atoms with E-state index in [4.69, 9.17) is 0 Å². The predicted octanol–water partition coefficient (Wildman–Crippen LogP) is 0.901. The fourth-order valence-corrected chi connectivity index (χ4v) is 2.56. The standard InChI is InChI=1S/C11H25NO3S/c1-6-7-12(5)10(4)11(13)8-16(14,15)9(2)3/h9-11,13H,6-8H2,1-5H3/t10-,11+/m1/s1. The second kappa shape index (κ2) is 6.57. The predicted molar refractivity (Wildman–Crippen MR) is 67.3 cm³/mol. The topological polar surface area (TPSA) is 57.6 Å². The fraction of sp³-hybridized carbons (Fsp3) is 1.00. The van der Waals surface area contributed by atoms with Crippen LogP contribution in [0.4, 0.5) is 0 Å². The second-order valence-electron chi connectivity index (χ2n) is 4.67. The molecule has 0 rings (SSSR count). The largest absolute Gasteiger partial charge is 0.390 e. The van der Waals surface area contributed by atoms with E-state index in [2.05, 4.69) is 6.92 Å². The molecular formula is C11H25NO3S. The third kappa shape index (κ3) is 4.80. The molecule has 0 fully saturated rings. The average Bonchev–Trinajstić information content (AvgIpc) is 2.15. The van der Waals surface area contributed by atoms with E-state index in [0.717, 1.165) is 13.0 Å². The lowest BCUT2D eigenvalue weighted by molar-refractivity contribution is 0.0888. The zero-order chi connectivity index (χ0) is 12.9. The molecular weight excluding hydrogens is 226 g/mol. The van der Waals surface area contributed by atoms with Crippen molar-refractivity contribution in [3.8, 4) is 0 Å². The van der Waals surface area contributed by atoms with Crippen molar-refractivity contribution in [2.45, 2.75) is 51.5 Å². The minimum atomic E-state index is -3.17. The van der Waals surface area contributed by atoms with Gasteiger partial charge in [0.15, 0.2) is 9.84 Å². The molecule has 16 heavy (non-hydrogen) atoms. The Morgan fingerprint density at radius 1 is 1.25 bits per heavy atom. The van der Waals surface area contributed by atoms with Gasteiger partial charge in [0, 0.05) is 6.04 Å². The van der Waals surface area contributed by atoms with E-state index < -0.39 is 21.2 Å². The molecule has 0 amide bonds.